The van der Waals surface area contributed by atoms with Crippen LogP contribution in [-0.4, -0.2) is 34.6 Å². The van der Waals surface area contributed by atoms with Gasteiger partial charge in [-0.2, -0.15) is 0 Å². The highest BCUT2D eigenvalue weighted by molar-refractivity contribution is 6.10. The Morgan fingerprint density at radius 3 is 2.45 bits per heavy atom. The van der Waals surface area contributed by atoms with Gasteiger partial charge in [-0.15, -0.1) is 10.2 Å². The van der Waals surface area contributed by atoms with E-state index in [1.807, 2.05) is 49.4 Å². The number of carbonyl (C=O) groups excluding carboxylic acids is 2. The highest BCUT2D eigenvalue weighted by atomic mass is 16.4. The Kier molecular flexibility index (Phi) is 5.05. The van der Waals surface area contributed by atoms with E-state index in [1.54, 1.807) is 28.9 Å². The smallest absolute Gasteiger partial charge is 0.294 e. The van der Waals surface area contributed by atoms with Gasteiger partial charge < -0.3 is 18.6 Å². The summed E-state index contributed by atoms with van der Waals surface area (Å²) in [5.74, 6) is 0.871. The maximum Gasteiger partial charge on any atom is 0.294 e. The number of furan rings is 1. The number of anilines is 2. The van der Waals surface area contributed by atoms with Crippen molar-refractivity contribution in [2.75, 3.05) is 16.3 Å². The van der Waals surface area contributed by atoms with E-state index in [2.05, 4.69) is 10.2 Å². The predicted molar refractivity (Wildman–Crippen MR) is 123 cm³/mol. The number of nitrogens with zero attached hydrogens (tertiary/aromatic N) is 4. The van der Waals surface area contributed by atoms with Gasteiger partial charge in [0.25, 0.3) is 5.91 Å². The van der Waals surface area contributed by atoms with Crippen molar-refractivity contribution in [2.24, 2.45) is 0 Å². The average molecular weight is 442 g/mol. The lowest BCUT2D eigenvalue weighted by Gasteiger charge is -2.40. The Balaban J connectivity index is 1.61. The summed E-state index contributed by atoms with van der Waals surface area (Å²) in [6.07, 6.45) is 1.48. The second-order valence-corrected chi connectivity index (χ2v) is 8.04. The Morgan fingerprint density at radius 2 is 1.76 bits per heavy atom. The summed E-state index contributed by atoms with van der Waals surface area (Å²) in [6.45, 7) is 5.57. The number of carbonyl (C=O) groups is 2. The molecule has 3 heterocycles. The number of rotatable bonds is 3. The molecule has 0 spiro atoms. The molecule has 1 aliphatic rings. The number of hydrogen-bond donors (Lipinski definition) is 0. The number of aryl methyl sites for hydroxylation is 1. The number of aromatic nitrogens is 2. The summed E-state index contributed by atoms with van der Waals surface area (Å²) in [5, 5.41) is 8.00. The van der Waals surface area contributed by atoms with E-state index < -0.39 is 0 Å². The van der Waals surface area contributed by atoms with Crippen LogP contribution in [-0.2, 0) is 4.79 Å². The quantitative estimate of drug-likeness (QED) is 0.456. The molecule has 4 aromatic rings. The molecular formula is C25H22N4O4. The molecule has 0 unspecified atom stereocenters. The second kappa shape index (κ2) is 8.05. The average Bonchev–Trinajstić information content (AvgIpc) is 3.50. The monoisotopic (exact) mass is 442 g/mol. The topological polar surface area (TPSA) is 92.7 Å². The fourth-order valence-corrected chi connectivity index (χ4v) is 4.26. The van der Waals surface area contributed by atoms with E-state index >= 15 is 0 Å². The Hall–Kier alpha value is -4.20. The fourth-order valence-electron chi connectivity index (χ4n) is 4.26. The third kappa shape index (κ3) is 3.69. The highest BCUT2D eigenvalue weighted by Crippen LogP contribution is 2.40. The number of fused-ring (bicyclic) bond motifs is 1. The molecule has 5 rings (SSSR count). The summed E-state index contributed by atoms with van der Waals surface area (Å²) < 4.78 is 10.9. The normalized spacial score (nSPS) is 15.4. The molecule has 2 amide bonds. The zero-order chi connectivity index (χ0) is 23.1. The summed E-state index contributed by atoms with van der Waals surface area (Å²) >= 11 is 0. The van der Waals surface area contributed by atoms with Crippen LogP contribution in [0, 0.1) is 6.92 Å². The van der Waals surface area contributed by atoms with Crippen molar-refractivity contribution in [2.45, 2.75) is 26.8 Å². The SMILES string of the molecule is CC(=O)N1c2ccc(-c3cccc(-c4nnc(C)o4)c3)cc2N(C(=O)c2ccco2)C[C@@H]1C. The molecule has 0 saturated carbocycles. The van der Waals surface area contributed by atoms with Crippen LogP contribution in [0.4, 0.5) is 11.4 Å². The Morgan fingerprint density at radius 1 is 0.970 bits per heavy atom. The summed E-state index contributed by atoms with van der Waals surface area (Å²) in [7, 11) is 0. The largest absolute Gasteiger partial charge is 0.459 e. The van der Waals surface area contributed by atoms with Gasteiger partial charge in [0.05, 0.1) is 23.7 Å². The molecular weight excluding hydrogens is 420 g/mol. The Bertz CT molecular complexity index is 1340. The van der Waals surface area contributed by atoms with Gasteiger partial charge in [-0.25, -0.2) is 0 Å². The molecule has 1 aliphatic heterocycles. The maximum absolute atomic E-state index is 13.2. The number of amides is 2. The van der Waals surface area contributed by atoms with Crippen molar-refractivity contribution in [1.82, 2.24) is 10.2 Å². The molecule has 8 nitrogen and oxygen atoms in total. The molecule has 0 saturated heterocycles. The molecule has 0 aliphatic carbocycles. The van der Waals surface area contributed by atoms with Gasteiger partial charge in [0.15, 0.2) is 5.76 Å². The third-order valence-corrected chi connectivity index (χ3v) is 5.70. The first-order valence-corrected chi connectivity index (χ1v) is 10.6. The molecule has 33 heavy (non-hydrogen) atoms. The van der Waals surface area contributed by atoms with Crippen LogP contribution in [0.2, 0.25) is 0 Å². The van der Waals surface area contributed by atoms with Crippen LogP contribution in [0.3, 0.4) is 0 Å². The first-order chi connectivity index (χ1) is 15.9. The van der Waals surface area contributed by atoms with E-state index in [-0.39, 0.29) is 23.6 Å². The van der Waals surface area contributed by atoms with Crippen LogP contribution in [0.25, 0.3) is 22.6 Å². The van der Waals surface area contributed by atoms with Gasteiger partial charge >= 0.3 is 0 Å². The van der Waals surface area contributed by atoms with Gasteiger partial charge in [0, 0.05) is 26.0 Å². The molecule has 0 bridgehead atoms. The second-order valence-electron chi connectivity index (χ2n) is 8.04. The van der Waals surface area contributed by atoms with Crippen molar-refractivity contribution in [3.05, 3.63) is 72.5 Å². The fraction of sp³-hybridized carbons (Fsp3) is 0.200. The molecule has 0 N–H and O–H groups in total. The number of benzene rings is 2. The summed E-state index contributed by atoms with van der Waals surface area (Å²) in [5.41, 5.74) is 3.95. The predicted octanol–water partition coefficient (Wildman–Crippen LogP) is 4.71. The van der Waals surface area contributed by atoms with E-state index in [4.69, 9.17) is 8.83 Å². The molecule has 166 valence electrons. The lowest BCUT2D eigenvalue weighted by molar-refractivity contribution is -0.117. The van der Waals surface area contributed by atoms with Crippen LogP contribution in [0.5, 0.6) is 0 Å². The minimum Gasteiger partial charge on any atom is -0.459 e. The Labute approximate surface area is 190 Å². The van der Waals surface area contributed by atoms with Crippen molar-refractivity contribution < 1.29 is 18.4 Å². The molecule has 0 radical (unpaired) electrons. The molecule has 0 fully saturated rings. The zero-order valence-corrected chi connectivity index (χ0v) is 18.5. The maximum atomic E-state index is 13.2. The van der Waals surface area contributed by atoms with Crippen molar-refractivity contribution >= 4 is 23.2 Å². The first kappa shape index (κ1) is 20.7. The number of hydrogen-bond acceptors (Lipinski definition) is 6. The van der Waals surface area contributed by atoms with Gasteiger partial charge in [0.1, 0.15) is 0 Å². The van der Waals surface area contributed by atoms with E-state index in [9.17, 15) is 9.59 Å². The molecule has 8 heteroatoms. The summed E-state index contributed by atoms with van der Waals surface area (Å²) in [4.78, 5) is 29.1. The van der Waals surface area contributed by atoms with Gasteiger partial charge in [0.2, 0.25) is 17.7 Å². The lowest BCUT2D eigenvalue weighted by atomic mass is 9.99. The minimum absolute atomic E-state index is 0.0737. The highest BCUT2D eigenvalue weighted by Gasteiger charge is 2.35. The lowest BCUT2D eigenvalue weighted by Crippen LogP contribution is -2.51. The van der Waals surface area contributed by atoms with Crippen LogP contribution >= 0.6 is 0 Å². The van der Waals surface area contributed by atoms with E-state index in [1.165, 1.54) is 13.2 Å². The molecule has 2 aromatic carbocycles. The van der Waals surface area contributed by atoms with Gasteiger partial charge in [-0.05, 0) is 54.4 Å². The minimum atomic E-state index is -0.247. The van der Waals surface area contributed by atoms with Gasteiger partial charge in [-0.1, -0.05) is 18.2 Å². The van der Waals surface area contributed by atoms with E-state index in [0.717, 1.165) is 16.7 Å². The van der Waals surface area contributed by atoms with Crippen molar-refractivity contribution in [1.29, 1.82) is 0 Å². The van der Waals surface area contributed by atoms with Crippen molar-refractivity contribution in [3.8, 4) is 22.6 Å². The van der Waals surface area contributed by atoms with Crippen LogP contribution in [0.15, 0.2) is 69.7 Å². The van der Waals surface area contributed by atoms with Crippen LogP contribution < -0.4 is 9.80 Å². The van der Waals surface area contributed by atoms with Gasteiger partial charge in [-0.3, -0.25) is 9.59 Å². The third-order valence-electron chi connectivity index (χ3n) is 5.70. The first-order valence-electron chi connectivity index (χ1n) is 10.6. The zero-order valence-electron chi connectivity index (χ0n) is 18.5. The van der Waals surface area contributed by atoms with E-state index in [0.29, 0.717) is 29.7 Å². The standard InChI is InChI=1S/C25H22N4O4/c1-15-14-28(25(31)23-8-5-11-32-23)22-13-19(9-10-21(22)29(15)17(3)30)18-6-4-7-20(12-18)24-27-26-16(2)33-24/h4-13,15H,14H2,1-3H3/t15-/m0/s1. The summed E-state index contributed by atoms with van der Waals surface area (Å²) in [6, 6.07) is 16.7. The van der Waals surface area contributed by atoms with Crippen molar-refractivity contribution in [3.63, 3.8) is 0 Å². The van der Waals surface area contributed by atoms with Crippen LogP contribution in [0.1, 0.15) is 30.3 Å². The molecule has 1 atom stereocenters. The molecule has 2 aromatic heterocycles.